The molecule has 17 heavy (non-hydrogen) atoms. The first kappa shape index (κ1) is 11.9. The maximum Gasteiger partial charge on any atom is 0.387 e. The summed E-state index contributed by atoms with van der Waals surface area (Å²) in [5.41, 5.74) is 0.875. The molecule has 0 unspecified atom stereocenters. The van der Waals surface area contributed by atoms with Crippen LogP contribution >= 0.6 is 11.3 Å². The van der Waals surface area contributed by atoms with Gasteiger partial charge in [-0.3, -0.25) is 0 Å². The Morgan fingerprint density at radius 3 is 2.53 bits per heavy atom. The van der Waals surface area contributed by atoms with Crippen LogP contribution in [0.1, 0.15) is 4.88 Å². The van der Waals surface area contributed by atoms with Crippen LogP contribution < -0.4 is 10.1 Å². The third-order valence-electron chi connectivity index (χ3n) is 2.13. The van der Waals surface area contributed by atoms with Crippen LogP contribution in [0.4, 0.5) is 14.5 Å². The zero-order valence-corrected chi connectivity index (χ0v) is 9.71. The summed E-state index contributed by atoms with van der Waals surface area (Å²) in [6.45, 7) is -2.05. The minimum absolute atomic E-state index is 0.168. The van der Waals surface area contributed by atoms with E-state index in [1.807, 2.05) is 17.5 Å². The molecule has 2 aromatic rings. The van der Waals surface area contributed by atoms with E-state index < -0.39 is 6.61 Å². The van der Waals surface area contributed by atoms with Crippen molar-refractivity contribution in [3.63, 3.8) is 0 Å². The van der Waals surface area contributed by atoms with Crippen LogP contribution in [0.15, 0.2) is 41.8 Å². The lowest BCUT2D eigenvalue weighted by molar-refractivity contribution is -0.0498. The van der Waals surface area contributed by atoms with Crippen molar-refractivity contribution < 1.29 is 13.5 Å². The largest absolute Gasteiger partial charge is 0.435 e. The van der Waals surface area contributed by atoms with E-state index >= 15 is 0 Å². The molecule has 0 fully saturated rings. The zero-order valence-electron chi connectivity index (χ0n) is 8.90. The number of alkyl halides is 2. The molecule has 2 rings (SSSR count). The molecule has 2 nitrogen and oxygen atoms in total. The van der Waals surface area contributed by atoms with Crippen LogP contribution in [0.5, 0.6) is 5.75 Å². The van der Waals surface area contributed by atoms with E-state index in [-0.39, 0.29) is 5.75 Å². The monoisotopic (exact) mass is 255 g/mol. The molecule has 0 aliphatic carbocycles. The predicted octanol–water partition coefficient (Wildman–Crippen LogP) is 3.96. The molecule has 0 amide bonds. The van der Waals surface area contributed by atoms with Crippen molar-refractivity contribution in [2.75, 3.05) is 5.32 Å². The Kier molecular flexibility index (Phi) is 3.93. The van der Waals surface area contributed by atoms with E-state index in [0.717, 1.165) is 12.2 Å². The molecule has 0 radical (unpaired) electrons. The van der Waals surface area contributed by atoms with Gasteiger partial charge in [0.2, 0.25) is 0 Å². The first-order chi connectivity index (χ1) is 8.24. The molecule has 0 aliphatic rings. The minimum Gasteiger partial charge on any atom is -0.435 e. The van der Waals surface area contributed by atoms with Gasteiger partial charge < -0.3 is 10.1 Å². The summed E-state index contributed by atoms with van der Waals surface area (Å²) in [5, 5.41) is 5.21. The molecular weight excluding hydrogens is 244 g/mol. The number of hydrogen-bond donors (Lipinski definition) is 1. The lowest BCUT2D eigenvalue weighted by Crippen LogP contribution is -2.02. The molecule has 0 atom stereocenters. The highest BCUT2D eigenvalue weighted by Gasteiger charge is 2.03. The van der Waals surface area contributed by atoms with Gasteiger partial charge in [0, 0.05) is 17.1 Å². The molecule has 1 N–H and O–H groups in total. The van der Waals surface area contributed by atoms with Gasteiger partial charge in [0.15, 0.2) is 0 Å². The molecule has 1 aromatic heterocycles. The fraction of sp³-hybridized carbons (Fsp3) is 0.167. The van der Waals surface area contributed by atoms with Crippen LogP contribution in [0, 0.1) is 0 Å². The average molecular weight is 255 g/mol. The third-order valence-corrected chi connectivity index (χ3v) is 3.00. The summed E-state index contributed by atoms with van der Waals surface area (Å²) in [6, 6.07) is 10.5. The lowest BCUT2D eigenvalue weighted by atomic mass is 10.3. The Labute approximate surface area is 102 Å². The quantitative estimate of drug-likeness (QED) is 0.873. The van der Waals surface area contributed by atoms with Gasteiger partial charge in [-0.1, -0.05) is 6.07 Å². The second-order valence-corrected chi connectivity index (χ2v) is 4.37. The van der Waals surface area contributed by atoms with Crippen LogP contribution in [0.25, 0.3) is 0 Å². The van der Waals surface area contributed by atoms with E-state index in [1.165, 1.54) is 17.0 Å². The molecule has 1 aromatic carbocycles. The second-order valence-electron chi connectivity index (χ2n) is 3.34. The van der Waals surface area contributed by atoms with Gasteiger partial charge in [0.1, 0.15) is 5.75 Å². The van der Waals surface area contributed by atoms with Crippen molar-refractivity contribution in [2.24, 2.45) is 0 Å². The highest BCUT2D eigenvalue weighted by atomic mass is 32.1. The van der Waals surface area contributed by atoms with Crippen LogP contribution in [0.2, 0.25) is 0 Å². The summed E-state index contributed by atoms with van der Waals surface area (Å²) in [5.74, 6) is 0.168. The van der Waals surface area contributed by atoms with Crippen molar-refractivity contribution in [3.05, 3.63) is 46.7 Å². The molecule has 0 spiro atoms. The van der Waals surface area contributed by atoms with Crippen molar-refractivity contribution >= 4 is 17.0 Å². The van der Waals surface area contributed by atoms with Gasteiger partial charge in [-0.15, -0.1) is 11.3 Å². The van der Waals surface area contributed by atoms with Crippen LogP contribution in [-0.2, 0) is 6.54 Å². The standard InChI is InChI=1S/C12H11F2NOS/c13-12(14)16-10-5-3-9(4-6-10)15-8-11-2-1-7-17-11/h1-7,12,15H,8H2. The Hall–Kier alpha value is -1.62. The van der Waals surface area contributed by atoms with Crippen LogP contribution in [0.3, 0.4) is 0 Å². The highest BCUT2D eigenvalue weighted by molar-refractivity contribution is 7.09. The van der Waals surface area contributed by atoms with E-state index in [9.17, 15) is 8.78 Å². The SMILES string of the molecule is FC(F)Oc1ccc(NCc2cccs2)cc1. The third kappa shape index (κ3) is 3.71. The topological polar surface area (TPSA) is 21.3 Å². The average Bonchev–Trinajstić information content (AvgIpc) is 2.80. The molecule has 0 saturated heterocycles. The van der Waals surface area contributed by atoms with Gasteiger partial charge >= 0.3 is 6.61 Å². The van der Waals surface area contributed by atoms with Crippen molar-refractivity contribution in [1.29, 1.82) is 0 Å². The Morgan fingerprint density at radius 1 is 1.18 bits per heavy atom. The molecule has 0 aliphatic heterocycles. The predicted molar refractivity (Wildman–Crippen MR) is 64.7 cm³/mol. The maximum atomic E-state index is 11.9. The van der Waals surface area contributed by atoms with Gasteiger partial charge in [0.05, 0.1) is 0 Å². The number of hydrogen-bond acceptors (Lipinski definition) is 3. The first-order valence-corrected chi connectivity index (χ1v) is 5.93. The number of anilines is 1. The minimum atomic E-state index is -2.78. The Bertz CT molecular complexity index is 442. The second kappa shape index (κ2) is 5.63. The van der Waals surface area contributed by atoms with Gasteiger partial charge in [0.25, 0.3) is 0 Å². The van der Waals surface area contributed by atoms with Crippen LogP contribution in [-0.4, -0.2) is 6.61 Å². The number of halogens is 2. The number of nitrogens with one attached hydrogen (secondary N) is 1. The van der Waals surface area contributed by atoms with Crippen molar-refractivity contribution in [2.45, 2.75) is 13.2 Å². The summed E-state index contributed by atoms with van der Waals surface area (Å²) >= 11 is 1.67. The fourth-order valence-corrected chi connectivity index (χ4v) is 2.00. The highest BCUT2D eigenvalue weighted by Crippen LogP contribution is 2.18. The number of rotatable bonds is 5. The number of benzene rings is 1. The summed E-state index contributed by atoms with van der Waals surface area (Å²) in [7, 11) is 0. The summed E-state index contributed by atoms with van der Waals surface area (Å²) in [6.07, 6.45) is 0. The Morgan fingerprint density at radius 2 is 1.94 bits per heavy atom. The fourth-order valence-electron chi connectivity index (χ4n) is 1.36. The smallest absolute Gasteiger partial charge is 0.387 e. The van der Waals surface area contributed by atoms with Gasteiger partial charge in [-0.25, -0.2) is 0 Å². The molecule has 5 heteroatoms. The molecule has 90 valence electrons. The lowest BCUT2D eigenvalue weighted by Gasteiger charge is -2.07. The summed E-state index contributed by atoms with van der Waals surface area (Å²) in [4.78, 5) is 1.22. The van der Waals surface area contributed by atoms with E-state index in [1.54, 1.807) is 23.5 Å². The number of ether oxygens (including phenoxy) is 1. The normalized spacial score (nSPS) is 10.5. The first-order valence-electron chi connectivity index (χ1n) is 5.05. The molecule has 0 bridgehead atoms. The Balaban J connectivity index is 1.89. The van der Waals surface area contributed by atoms with E-state index in [4.69, 9.17) is 0 Å². The summed E-state index contributed by atoms with van der Waals surface area (Å²) < 4.78 is 28.1. The molecule has 1 heterocycles. The molecule has 0 saturated carbocycles. The maximum absolute atomic E-state index is 11.9. The van der Waals surface area contributed by atoms with Gasteiger partial charge in [-0.05, 0) is 35.7 Å². The van der Waals surface area contributed by atoms with E-state index in [2.05, 4.69) is 10.1 Å². The van der Waals surface area contributed by atoms with Crippen molar-refractivity contribution in [1.82, 2.24) is 0 Å². The van der Waals surface area contributed by atoms with E-state index in [0.29, 0.717) is 0 Å². The molecular formula is C12H11F2NOS. The zero-order chi connectivity index (χ0) is 12.1. The number of thiophene rings is 1. The van der Waals surface area contributed by atoms with Gasteiger partial charge in [-0.2, -0.15) is 8.78 Å². The van der Waals surface area contributed by atoms with Crippen molar-refractivity contribution in [3.8, 4) is 5.75 Å².